The summed E-state index contributed by atoms with van der Waals surface area (Å²) in [5.41, 5.74) is 0. The molecular weight excluding hydrogens is 178 g/mol. The number of carbonyl (C=O) groups is 1. The smallest absolute Gasteiger partial charge is 0.320 e. The maximum atomic E-state index is 10.6. The van der Waals surface area contributed by atoms with Crippen molar-refractivity contribution in [3.8, 4) is 0 Å². The highest BCUT2D eigenvalue weighted by Gasteiger charge is 2.22. The maximum Gasteiger partial charge on any atom is 0.320 e. The van der Waals surface area contributed by atoms with Gasteiger partial charge < -0.3 is 10.4 Å². The molecule has 2 N–H and O–H groups in total. The van der Waals surface area contributed by atoms with E-state index in [1.807, 2.05) is 0 Å². The van der Waals surface area contributed by atoms with Gasteiger partial charge in [0, 0.05) is 6.04 Å². The fourth-order valence-electron chi connectivity index (χ4n) is 2.16. The number of carboxylic acids is 1. The Balaban J connectivity index is 2.25. The van der Waals surface area contributed by atoms with Crippen LogP contribution in [0.15, 0.2) is 0 Å². The van der Waals surface area contributed by atoms with Gasteiger partial charge in [0.1, 0.15) is 6.04 Å². The van der Waals surface area contributed by atoms with Crippen molar-refractivity contribution < 1.29 is 9.90 Å². The van der Waals surface area contributed by atoms with Crippen molar-refractivity contribution in [2.24, 2.45) is 5.92 Å². The number of carboxylic acid groups (broad SMARTS) is 1. The zero-order valence-corrected chi connectivity index (χ0v) is 9.12. The average Bonchev–Trinajstić information content (AvgIpc) is 2.19. The molecule has 0 aromatic carbocycles. The van der Waals surface area contributed by atoms with E-state index in [0.717, 1.165) is 18.8 Å². The van der Waals surface area contributed by atoms with Crippen molar-refractivity contribution in [1.82, 2.24) is 5.32 Å². The van der Waals surface area contributed by atoms with Crippen LogP contribution in [0.25, 0.3) is 0 Å². The largest absolute Gasteiger partial charge is 0.480 e. The van der Waals surface area contributed by atoms with Gasteiger partial charge in [-0.05, 0) is 38.5 Å². The van der Waals surface area contributed by atoms with Gasteiger partial charge in [-0.1, -0.05) is 13.3 Å². The number of hydrogen-bond acceptors (Lipinski definition) is 2. The van der Waals surface area contributed by atoms with Gasteiger partial charge in [-0.3, -0.25) is 4.79 Å². The normalized spacial score (nSPS) is 29.9. The minimum atomic E-state index is -0.748. The van der Waals surface area contributed by atoms with Crippen molar-refractivity contribution in [3.63, 3.8) is 0 Å². The fraction of sp³-hybridized carbons (Fsp3) is 0.909. The maximum absolute atomic E-state index is 10.6. The van der Waals surface area contributed by atoms with Crippen molar-refractivity contribution in [2.45, 2.75) is 58.0 Å². The Hall–Kier alpha value is -0.570. The lowest BCUT2D eigenvalue weighted by Gasteiger charge is -2.29. The van der Waals surface area contributed by atoms with Gasteiger partial charge in [0.15, 0.2) is 0 Å². The molecule has 0 heterocycles. The van der Waals surface area contributed by atoms with Crippen molar-refractivity contribution >= 4 is 5.97 Å². The number of hydrogen-bond donors (Lipinski definition) is 2. The molecule has 1 unspecified atom stereocenters. The summed E-state index contributed by atoms with van der Waals surface area (Å²) in [4.78, 5) is 10.6. The molecule has 1 saturated carbocycles. The predicted molar refractivity (Wildman–Crippen MR) is 56.3 cm³/mol. The lowest BCUT2D eigenvalue weighted by Crippen LogP contribution is -2.43. The van der Waals surface area contributed by atoms with Crippen LogP contribution in [0, 0.1) is 5.92 Å². The molecule has 82 valence electrons. The number of aliphatic carboxylic acids is 1. The molecule has 3 nitrogen and oxygen atoms in total. The summed E-state index contributed by atoms with van der Waals surface area (Å²) in [5.74, 6) is 0.121. The fourth-order valence-corrected chi connectivity index (χ4v) is 2.16. The van der Waals surface area contributed by atoms with Crippen LogP contribution in [0.3, 0.4) is 0 Å². The Bertz CT molecular complexity index is 186. The summed E-state index contributed by atoms with van der Waals surface area (Å²) in [6, 6.07) is 0.0158. The van der Waals surface area contributed by atoms with E-state index in [9.17, 15) is 4.79 Å². The van der Waals surface area contributed by atoms with E-state index < -0.39 is 12.0 Å². The molecule has 0 aromatic rings. The van der Waals surface area contributed by atoms with E-state index in [4.69, 9.17) is 5.11 Å². The minimum Gasteiger partial charge on any atom is -0.480 e. The first kappa shape index (κ1) is 11.5. The van der Waals surface area contributed by atoms with E-state index >= 15 is 0 Å². The van der Waals surface area contributed by atoms with E-state index in [2.05, 4.69) is 12.2 Å². The first-order valence-corrected chi connectivity index (χ1v) is 5.62. The van der Waals surface area contributed by atoms with Crippen LogP contribution in [0.4, 0.5) is 0 Å². The van der Waals surface area contributed by atoms with Gasteiger partial charge in [-0.25, -0.2) is 0 Å². The lowest BCUT2D eigenvalue weighted by atomic mass is 9.84. The Morgan fingerprint density at radius 2 is 2.00 bits per heavy atom. The molecule has 0 amide bonds. The Kier molecular flexibility index (Phi) is 4.39. The zero-order chi connectivity index (χ0) is 10.6. The third kappa shape index (κ3) is 3.29. The standard InChI is InChI=1S/C11H21NO2/c1-3-9-4-6-10(7-5-9)12-8(2)11(13)14/h8-10,12H,3-7H2,1-2H3,(H,13,14). The Morgan fingerprint density at radius 3 is 2.43 bits per heavy atom. The topological polar surface area (TPSA) is 49.3 Å². The first-order valence-electron chi connectivity index (χ1n) is 5.62. The molecule has 0 spiro atoms. The van der Waals surface area contributed by atoms with E-state index in [0.29, 0.717) is 6.04 Å². The molecule has 3 heteroatoms. The molecule has 0 aliphatic heterocycles. The van der Waals surface area contributed by atoms with Crippen LogP contribution < -0.4 is 5.32 Å². The molecule has 1 aliphatic carbocycles. The van der Waals surface area contributed by atoms with Crippen LogP contribution in [0.5, 0.6) is 0 Å². The summed E-state index contributed by atoms with van der Waals surface area (Å²) >= 11 is 0. The second kappa shape index (κ2) is 5.35. The second-order valence-corrected chi connectivity index (χ2v) is 4.35. The SMILES string of the molecule is CCC1CCC(NC(C)C(=O)O)CC1. The molecule has 1 rings (SSSR count). The Labute approximate surface area is 85.9 Å². The van der Waals surface area contributed by atoms with Crippen molar-refractivity contribution in [1.29, 1.82) is 0 Å². The van der Waals surface area contributed by atoms with Crippen LogP contribution in [0.2, 0.25) is 0 Å². The molecule has 14 heavy (non-hydrogen) atoms. The summed E-state index contributed by atoms with van der Waals surface area (Å²) in [7, 11) is 0. The monoisotopic (exact) mass is 199 g/mol. The lowest BCUT2D eigenvalue weighted by molar-refractivity contribution is -0.139. The van der Waals surface area contributed by atoms with Gasteiger partial charge in [0.2, 0.25) is 0 Å². The third-order valence-corrected chi connectivity index (χ3v) is 3.28. The highest BCUT2D eigenvalue weighted by molar-refractivity contribution is 5.72. The van der Waals surface area contributed by atoms with Crippen LogP contribution >= 0.6 is 0 Å². The van der Waals surface area contributed by atoms with Gasteiger partial charge >= 0.3 is 5.97 Å². The van der Waals surface area contributed by atoms with Crippen molar-refractivity contribution in [3.05, 3.63) is 0 Å². The molecular formula is C11H21NO2. The molecule has 0 saturated heterocycles. The molecule has 1 aliphatic rings. The van der Waals surface area contributed by atoms with Gasteiger partial charge in [0.05, 0.1) is 0 Å². The zero-order valence-electron chi connectivity index (χ0n) is 9.12. The van der Waals surface area contributed by atoms with Crippen LogP contribution in [-0.4, -0.2) is 23.2 Å². The van der Waals surface area contributed by atoms with Crippen molar-refractivity contribution in [2.75, 3.05) is 0 Å². The van der Waals surface area contributed by atoms with Gasteiger partial charge in [0.25, 0.3) is 0 Å². The molecule has 0 radical (unpaired) electrons. The van der Waals surface area contributed by atoms with E-state index in [1.54, 1.807) is 6.92 Å². The molecule has 0 bridgehead atoms. The highest BCUT2D eigenvalue weighted by atomic mass is 16.4. The van der Waals surface area contributed by atoms with E-state index in [1.165, 1.54) is 19.3 Å². The number of rotatable bonds is 4. The summed E-state index contributed by atoms with van der Waals surface area (Å²) < 4.78 is 0. The van der Waals surface area contributed by atoms with Gasteiger partial charge in [-0.15, -0.1) is 0 Å². The average molecular weight is 199 g/mol. The summed E-state index contributed by atoms with van der Waals surface area (Å²) in [5, 5.41) is 11.9. The Morgan fingerprint density at radius 1 is 1.43 bits per heavy atom. The molecule has 1 atom stereocenters. The first-order chi connectivity index (χ1) is 6.63. The predicted octanol–water partition coefficient (Wildman–Crippen LogP) is 2.02. The molecule has 0 aromatic heterocycles. The van der Waals surface area contributed by atoms with Crippen LogP contribution in [0.1, 0.15) is 46.0 Å². The third-order valence-electron chi connectivity index (χ3n) is 3.28. The van der Waals surface area contributed by atoms with E-state index in [-0.39, 0.29) is 0 Å². The quantitative estimate of drug-likeness (QED) is 0.728. The highest BCUT2D eigenvalue weighted by Crippen LogP contribution is 2.26. The van der Waals surface area contributed by atoms with Crippen LogP contribution in [-0.2, 0) is 4.79 Å². The second-order valence-electron chi connectivity index (χ2n) is 4.35. The minimum absolute atomic E-state index is 0.404. The number of nitrogens with one attached hydrogen (secondary N) is 1. The summed E-state index contributed by atoms with van der Waals surface area (Å²) in [6.07, 6.45) is 6.04. The van der Waals surface area contributed by atoms with Gasteiger partial charge in [-0.2, -0.15) is 0 Å². The molecule has 1 fully saturated rings. The summed E-state index contributed by atoms with van der Waals surface area (Å²) in [6.45, 7) is 3.95.